The molecule has 0 radical (unpaired) electrons. The zero-order valence-corrected chi connectivity index (χ0v) is 32.2. The topological polar surface area (TPSA) is 109 Å². The number of ether oxygens (including phenoxy) is 2. The lowest BCUT2D eigenvalue weighted by Crippen LogP contribution is -2.66. The number of pyridine rings is 2. The Morgan fingerprint density at radius 1 is 0.698 bits per heavy atom. The highest BCUT2D eigenvalue weighted by Gasteiger charge is 2.52. The van der Waals surface area contributed by atoms with Crippen LogP contribution in [0.5, 0.6) is 11.8 Å². The number of carbonyl (C=O) groups excluding carboxylic acids is 2. The van der Waals surface area contributed by atoms with E-state index in [0.29, 0.717) is 63.8 Å². The Kier molecular flexibility index (Phi) is 10.9. The van der Waals surface area contributed by atoms with Crippen LogP contribution in [0.4, 0.5) is 0 Å². The third-order valence-electron chi connectivity index (χ3n) is 11.1. The molecule has 3 fully saturated rings. The van der Waals surface area contributed by atoms with E-state index in [4.69, 9.17) is 42.6 Å². The number of methoxy groups -OCH3 is 2. The lowest BCUT2D eigenvalue weighted by atomic mass is 9.60. The van der Waals surface area contributed by atoms with Crippen LogP contribution in [0.1, 0.15) is 50.7 Å². The summed E-state index contributed by atoms with van der Waals surface area (Å²) in [6.45, 7) is 7.79. The molecule has 2 aromatic carbocycles. The standard InChI is InChI=1S/C41H46Cl2N6O4/c1-25(50)48-17-15-29(16-18-48)44-21-27-11-13-35(46-39(27)52-3)33-9-5-7-31(37(33)42)32-8-6-10-34(38(32)43)36-14-12-28(40(47-36)53-4)22-45-30-19-41(20-30)23-49(24-41)26(2)51/h5-14,29-30,44-45H,15-24H2,1-4H3. The average molecular weight is 758 g/mol. The monoisotopic (exact) mass is 756 g/mol. The molecule has 0 bridgehead atoms. The average Bonchev–Trinajstić information content (AvgIpc) is 3.13. The van der Waals surface area contributed by atoms with Gasteiger partial charge in [-0.05, 0) is 37.8 Å². The van der Waals surface area contributed by atoms with Gasteiger partial charge in [-0.2, -0.15) is 0 Å². The van der Waals surface area contributed by atoms with Crippen molar-refractivity contribution in [2.24, 2.45) is 5.41 Å². The summed E-state index contributed by atoms with van der Waals surface area (Å²) in [5.74, 6) is 1.38. The predicted octanol–water partition coefficient (Wildman–Crippen LogP) is 7.00. The molecule has 10 nitrogen and oxygen atoms in total. The van der Waals surface area contributed by atoms with Gasteiger partial charge in [0, 0.05) is 104 Å². The molecule has 7 rings (SSSR count). The molecule has 2 saturated heterocycles. The van der Waals surface area contributed by atoms with Gasteiger partial charge in [0.05, 0.1) is 35.7 Å². The second kappa shape index (κ2) is 15.6. The number of nitrogens with one attached hydrogen (secondary N) is 2. The van der Waals surface area contributed by atoms with Crippen LogP contribution in [0, 0.1) is 5.41 Å². The van der Waals surface area contributed by atoms with Gasteiger partial charge in [0.25, 0.3) is 0 Å². The van der Waals surface area contributed by atoms with Gasteiger partial charge in [-0.1, -0.05) is 71.7 Å². The van der Waals surface area contributed by atoms with Crippen molar-refractivity contribution in [3.63, 3.8) is 0 Å². The van der Waals surface area contributed by atoms with E-state index in [-0.39, 0.29) is 11.8 Å². The van der Waals surface area contributed by atoms with Gasteiger partial charge >= 0.3 is 0 Å². The van der Waals surface area contributed by atoms with Gasteiger partial charge in [0.1, 0.15) is 0 Å². The van der Waals surface area contributed by atoms with E-state index in [9.17, 15) is 9.59 Å². The molecule has 2 aromatic heterocycles. The van der Waals surface area contributed by atoms with E-state index in [1.165, 1.54) is 0 Å². The van der Waals surface area contributed by atoms with Crippen molar-refractivity contribution in [3.05, 3.63) is 81.8 Å². The van der Waals surface area contributed by atoms with Crippen LogP contribution in [0.15, 0.2) is 60.7 Å². The fourth-order valence-electron chi connectivity index (χ4n) is 8.02. The summed E-state index contributed by atoms with van der Waals surface area (Å²) in [4.78, 5) is 36.8. The predicted molar refractivity (Wildman–Crippen MR) is 208 cm³/mol. The quantitative estimate of drug-likeness (QED) is 0.169. The minimum atomic E-state index is 0.131. The van der Waals surface area contributed by atoms with Crippen molar-refractivity contribution in [2.75, 3.05) is 40.4 Å². The molecule has 1 spiro atoms. The van der Waals surface area contributed by atoms with Crippen LogP contribution in [0.2, 0.25) is 10.0 Å². The molecule has 4 heterocycles. The number of halogens is 2. The highest BCUT2D eigenvalue weighted by atomic mass is 35.5. The van der Waals surface area contributed by atoms with Crippen LogP contribution in [0.3, 0.4) is 0 Å². The second-order valence-corrected chi connectivity index (χ2v) is 15.3. The fraction of sp³-hybridized carbons (Fsp3) is 0.415. The number of hydrogen-bond acceptors (Lipinski definition) is 8. The summed E-state index contributed by atoms with van der Waals surface area (Å²) >= 11 is 14.3. The number of benzene rings is 2. The number of amides is 2. The maximum Gasteiger partial charge on any atom is 0.219 e. The molecule has 4 aromatic rings. The van der Waals surface area contributed by atoms with Gasteiger partial charge in [-0.3, -0.25) is 9.59 Å². The third-order valence-corrected chi connectivity index (χ3v) is 11.9. The van der Waals surface area contributed by atoms with E-state index in [1.54, 1.807) is 28.1 Å². The lowest BCUT2D eigenvalue weighted by molar-refractivity contribution is -0.149. The molecule has 2 aliphatic heterocycles. The molecule has 53 heavy (non-hydrogen) atoms. The molecule has 1 aliphatic carbocycles. The Morgan fingerprint density at radius 2 is 1.15 bits per heavy atom. The number of piperidine rings is 1. The van der Waals surface area contributed by atoms with Crippen molar-refractivity contribution < 1.29 is 19.1 Å². The number of carbonyl (C=O) groups is 2. The minimum Gasteiger partial charge on any atom is -0.481 e. The zero-order valence-electron chi connectivity index (χ0n) is 30.7. The van der Waals surface area contributed by atoms with Gasteiger partial charge in [0.2, 0.25) is 23.6 Å². The number of hydrogen-bond donors (Lipinski definition) is 2. The molecule has 3 aliphatic rings. The normalized spacial score (nSPS) is 17.0. The zero-order chi connectivity index (χ0) is 37.3. The number of aromatic nitrogens is 2. The molecule has 278 valence electrons. The highest BCUT2D eigenvalue weighted by molar-refractivity contribution is 6.39. The Bertz CT molecular complexity index is 2000. The van der Waals surface area contributed by atoms with E-state index >= 15 is 0 Å². The smallest absolute Gasteiger partial charge is 0.219 e. The Hall–Kier alpha value is -4.22. The summed E-state index contributed by atoms with van der Waals surface area (Å²) in [5, 5.41) is 8.32. The minimum absolute atomic E-state index is 0.131. The van der Waals surface area contributed by atoms with Gasteiger partial charge in [0.15, 0.2) is 0 Å². The summed E-state index contributed by atoms with van der Waals surface area (Å²) in [6, 6.07) is 20.5. The lowest BCUT2D eigenvalue weighted by Gasteiger charge is -2.59. The summed E-state index contributed by atoms with van der Waals surface area (Å²) in [5.41, 5.74) is 6.71. The molecule has 2 amide bonds. The number of nitrogens with zero attached hydrogens (tertiary/aromatic N) is 4. The summed E-state index contributed by atoms with van der Waals surface area (Å²) in [7, 11) is 3.26. The first-order valence-electron chi connectivity index (χ1n) is 18.2. The van der Waals surface area contributed by atoms with Crippen LogP contribution >= 0.6 is 23.2 Å². The maximum atomic E-state index is 11.7. The Labute approximate surface area is 321 Å². The highest BCUT2D eigenvalue weighted by Crippen LogP contribution is 2.48. The third kappa shape index (κ3) is 7.74. The van der Waals surface area contributed by atoms with Gasteiger partial charge < -0.3 is 29.9 Å². The molecule has 2 N–H and O–H groups in total. The van der Waals surface area contributed by atoms with Gasteiger partial charge in [-0.15, -0.1) is 0 Å². The van der Waals surface area contributed by atoms with E-state index < -0.39 is 0 Å². The first-order valence-corrected chi connectivity index (χ1v) is 19.0. The number of rotatable bonds is 11. The molecule has 1 saturated carbocycles. The molecular formula is C41H46Cl2N6O4. The number of likely N-dealkylation sites (tertiary alicyclic amines) is 2. The Balaban J connectivity index is 1.05. The molecule has 0 atom stereocenters. The molecule has 12 heteroatoms. The first kappa shape index (κ1) is 37.1. The van der Waals surface area contributed by atoms with Crippen LogP contribution in [-0.4, -0.2) is 84.1 Å². The largest absolute Gasteiger partial charge is 0.481 e. The van der Waals surface area contributed by atoms with E-state index in [2.05, 4.69) is 10.6 Å². The van der Waals surface area contributed by atoms with Crippen molar-refractivity contribution in [1.82, 2.24) is 30.4 Å². The van der Waals surface area contributed by atoms with Crippen LogP contribution < -0.4 is 20.1 Å². The summed E-state index contributed by atoms with van der Waals surface area (Å²) in [6.07, 6.45) is 3.98. The van der Waals surface area contributed by atoms with Crippen molar-refractivity contribution in [2.45, 2.75) is 64.7 Å². The van der Waals surface area contributed by atoms with E-state index in [1.807, 2.05) is 70.5 Å². The SMILES string of the molecule is COc1nc(-c2cccc(-c3cccc(-c4ccc(CNC5CC6(C5)CN(C(C)=O)C6)c(OC)n4)c3Cl)c2Cl)ccc1CNC1CCN(C(C)=O)CC1. The molecular weight excluding hydrogens is 711 g/mol. The second-order valence-electron chi connectivity index (χ2n) is 14.6. The van der Waals surface area contributed by atoms with E-state index in [0.717, 1.165) is 85.2 Å². The van der Waals surface area contributed by atoms with Crippen molar-refractivity contribution in [1.29, 1.82) is 0 Å². The van der Waals surface area contributed by atoms with Crippen LogP contribution in [0.25, 0.3) is 33.6 Å². The Morgan fingerprint density at radius 3 is 1.60 bits per heavy atom. The molecule has 0 unspecified atom stereocenters. The summed E-state index contributed by atoms with van der Waals surface area (Å²) < 4.78 is 11.5. The van der Waals surface area contributed by atoms with Crippen LogP contribution in [-0.2, 0) is 22.7 Å². The first-order chi connectivity index (χ1) is 25.6. The van der Waals surface area contributed by atoms with Crippen molar-refractivity contribution in [3.8, 4) is 45.4 Å². The fourth-order valence-corrected chi connectivity index (χ4v) is 8.67. The van der Waals surface area contributed by atoms with Gasteiger partial charge in [-0.25, -0.2) is 9.97 Å². The van der Waals surface area contributed by atoms with Crippen molar-refractivity contribution >= 4 is 35.0 Å². The maximum absolute atomic E-state index is 11.7.